The fourth-order valence-corrected chi connectivity index (χ4v) is 3.21. The van der Waals surface area contributed by atoms with Crippen LogP contribution in [0.4, 0.5) is 10.5 Å². The molecule has 2 aromatic heterocycles. The van der Waals surface area contributed by atoms with Crippen LogP contribution in [0.5, 0.6) is 0 Å². The molecule has 9 heteroatoms. The number of carbonyl (C=O) groups excluding carboxylic acids is 1. The van der Waals surface area contributed by atoms with E-state index in [-0.39, 0.29) is 12.1 Å². The largest absolute Gasteiger partial charge is 0.379 e. The van der Waals surface area contributed by atoms with Crippen molar-refractivity contribution in [2.45, 2.75) is 6.04 Å². The van der Waals surface area contributed by atoms with Gasteiger partial charge in [0.15, 0.2) is 0 Å². The summed E-state index contributed by atoms with van der Waals surface area (Å²) in [7, 11) is 0. The van der Waals surface area contributed by atoms with Gasteiger partial charge in [-0.3, -0.25) is 9.88 Å². The molecule has 9 nitrogen and oxygen atoms in total. The normalized spacial score (nSPS) is 16.1. The van der Waals surface area contributed by atoms with Gasteiger partial charge < -0.3 is 15.4 Å². The highest BCUT2D eigenvalue weighted by atomic mass is 16.5. The highest BCUT2D eigenvalue weighted by Gasteiger charge is 2.24. The summed E-state index contributed by atoms with van der Waals surface area (Å²) in [5.74, 6) is 0. The molecule has 0 bridgehead atoms. The van der Waals surface area contributed by atoms with Crippen molar-refractivity contribution >= 4 is 22.8 Å². The molecular formula is C18H21N7O2. The van der Waals surface area contributed by atoms with Crippen LogP contribution in [0.25, 0.3) is 11.0 Å². The second-order valence-corrected chi connectivity index (χ2v) is 6.25. The van der Waals surface area contributed by atoms with E-state index >= 15 is 0 Å². The molecule has 1 fully saturated rings. The zero-order valence-corrected chi connectivity index (χ0v) is 14.8. The van der Waals surface area contributed by atoms with E-state index in [1.165, 1.54) is 0 Å². The molecule has 1 aromatic carbocycles. The molecule has 0 unspecified atom stereocenters. The zero-order valence-electron chi connectivity index (χ0n) is 14.8. The standard InChI is InChI=1S/C18H21N7O2/c26-18(21-14-5-3-6-15-17(14)23-24-22-15)20-12-16(13-4-1-2-7-19-13)25-8-10-27-11-9-25/h1-7,16H,8-12H2,(H2,20,21,26)(H,22,23,24)/t16-/m0/s1. The summed E-state index contributed by atoms with van der Waals surface area (Å²) in [5, 5.41) is 16.5. The van der Waals surface area contributed by atoms with Crippen LogP contribution >= 0.6 is 0 Å². The lowest BCUT2D eigenvalue weighted by atomic mass is 10.1. The number of amides is 2. The first kappa shape index (κ1) is 17.4. The van der Waals surface area contributed by atoms with Crippen LogP contribution in [0.15, 0.2) is 42.6 Å². The third-order valence-electron chi connectivity index (χ3n) is 4.57. The number of hydrogen-bond acceptors (Lipinski definition) is 6. The van der Waals surface area contributed by atoms with Crippen molar-refractivity contribution in [2.75, 3.05) is 38.2 Å². The summed E-state index contributed by atoms with van der Waals surface area (Å²) in [6.07, 6.45) is 1.77. The summed E-state index contributed by atoms with van der Waals surface area (Å²) in [6.45, 7) is 3.43. The maximum absolute atomic E-state index is 12.5. The van der Waals surface area contributed by atoms with Gasteiger partial charge in [-0.15, -0.1) is 0 Å². The molecule has 140 valence electrons. The van der Waals surface area contributed by atoms with Crippen LogP contribution < -0.4 is 10.6 Å². The molecule has 27 heavy (non-hydrogen) atoms. The third kappa shape index (κ3) is 4.04. The van der Waals surface area contributed by atoms with Crippen molar-refractivity contribution in [1.82, 2.24) is 30.6 Å². The molecule has 3 heterocycles. The number of urea groups is 1. The smallest absolute Gasteiger partial charge is 0.319 e. The molecule has 0 saturated carbocycles. The molecule has 3 aromatic rings. The minimum absolute atomic E-state index is 0.0105. The number of nitrogens with one attached hydrogen (secondary N) is 3. The number of carbonyl (C=O) groups is 1. The lowest BCUT2D eigenvalue weighted by Gasteiger charge is -2.34. The van der Waals surface area contributed by atoms with E-state index in [2.05, 4.69) is 35.9 Å². The zero-order chi connectivity index (χ0) is 18.5. The maximum atomic E-state index is 12.5. The highest BCUT2D eigenvalue weighted by molar-refractivity contribution is 5.98. The minimum atomic E-state index is -0.292. The average molecular weight is 367 g/mol. The molecule has 1 atom stereocenters. The van der Waals surface area contributed by atoms with Crippen LogP contribution in [0.2, 0.25) is 0 Å². The molecule has 1 aliphatic heterocycles. The fraction of sp³-hybridized carbons (Fsp3) is 0.333. The lowest BCUT2D eigenvalue weighted by molar-refractivity contribution is 0.0159. The highest BCUT2D eigenvalue weighted by Crippen LogP contribution is 2.20. The number of fused-ring (bicyclic) bond motifs is 1. The van der Waals surface area contributed by atoms with Gasteiger partial charge in [0.2, 0.25) is 0 Å². The van der Waals surface area contributed by atoms with Gasteiger partial charge >= 0.3 is 6.03 Å². The Balaban J connectivity index is 1.44. The summed E-state index contributed by atoms with van der Waals surface area (Å²) < 4.78 is 5.45. The van der Waals surface area contributed by atoms with Crippen LogP contribution in [-0.2, 0) is 4.74 Å². The van der Waals surface area contributed by atoms with E-state index in [4.69, 9.17) is 4.74 Å². The number of benzene rings is 1. The number of para-hydroxylation sites is 1. The Bertz CT molecular complexity index is 893. The number of aromatic nitrogens is 4. The number of rotatable bonds is 5. The Morgan fingerprint density at radius 3 is 2.89 bits per heavy atom. The Morgan fingerprint density at radius 1 is 1.19 bits per heavy atom. The molecular weight excluding hydrogens is 346 g/mol. The van der Waals surface area contributed by atoms with Crippen LogP contribution in [0, 0.1) is 0 Å². The van der Waals surface area contributed by atoms with E-state index in [0.29, 0.717) is 36.5 Å². The van der Waals surface area contributed by atoms with Crippen molar-refractivity contribution in [3.8, 4) is 0 Å². The molecule has 1 saturated heterocycles. The van der Waals surface area contributed by atoms with Gasteiger partial charge in [-0.2, -0.15) is 15.4 Å². The van der Waals surface area contributed by atoms with Gasteiger partial charge in [0.1, 0.15) is 11.0 Å². The summed E-state index contributed by atoms with van der Waals surface area (Å²) in [4.78, 5) is 19.2. The third-order valence-corrected chi connectivity index (χ3v) is 4.57. The number of morpholine rings is 1. The predicted octanol–water partition coefficient (Wildman–Crippen LogP) is 1.55. The van der Waals surface area contributed by atoms with Crippen molar-refractivity contribution in [2.24, 2.45) is 0 Å². The van der Waals surface area contributed by atoms with E-state index in [1.54, 1.807) is 12.3 Å². The second kappa shape index (κ2) is 8.11. The molecule has 3 N–H and O–H groups in total. The number of anilines is 1. The summed E-state index contributed by atoms with van der Waals surface area (Å²) in [6, 6.07) is 11.0. The molecule has 1 aliphatic rings. The van der Waals surface area contributed by atoms with Crippen molar-refractivity contribution in [1.29, 1.82) is 0 Å². The number of pyridine rings is 1. The number of hydrogen-bond donors (Lipinski definition) is 3. The van der Waals surface area contributed by atoms with E-state index in [9.17, 15) is 4.79 Å². The number of ether oxygens (including phenoxy) is 1. The van der Waals surface area contributed by atoms with Gasteiger partial charge in [0.05, 0.1) is 30.6 Å². The van der Waals surface area contributed by atoms with Gasteiger partial charge in [-0.1, -0.05) is 12.1 Å². The van der Waals surface area contributed by atoms with Crippen molar-refractivity contribution < 1.29 is 9.53 Å². The monoisotopic (exact) mass is 367 g/mol. The van der Waals surface area contributed by atoms with Gasteiger partial charge in [0.25, 0.3) is 0 Å². The molecule has 0 aliphatic carbocycles. The van der Waals surface area contributed by atoms with Crippen LogP contribution in [0.3, 0.4) is 0 Å². The average Bonchev–Trinajstić information content (AvgIpc) is 3.20. The van der Waals surface area contributed by atoms with Crippen LogP contribution in [0.1, 0.15) is 11.7 Å². The predicted molar refractivity (Wildman–Crippen MR) is 100 cm³/mol. The number of nitrogens with zero attached hydrogens (tertiary/aromatic N) is 4. The van der Waals surface area contributed by atoms with Gasteiger partial charge in [-0.25, -0.2) is 4.79 Å². The quantitative estimate of drug-likeness (QED) is 0.631. The minimum Gasteiger partial charge on any atom is -0.379 e. The van der Waals surface area contributed by atoms with Crippen molar-refractivity contribution in [3.63, 3.8) is 0 Å². The van der Waals surface area contributed by atoms with Gasteiger partial charge in [0, 0.05) is 25.8 Å². The molecule has 2 amide bonds. The SMILES string of the molecule is O=C(NC[C@@H](c1ccccn1)N1CCOCC1)Nc1cccc2n[nH]nc12. The van der Waals surface area contributed by atoms with E-state index < -0.39 is 0 Å². The first-order valence-electron chi connectivity index (χ1n) is 8.88. The van der Waals surface area contributed by atoms with Crippen LogP contribution in [-0.4, -0.2) is 64.2 Å². The summed E-state index contributed by atoms with van der Waals surface area (Å²) >= 11 is 0. The summed E-state index contributed by atoms with van der Waals surface area (Å²) in [5.41, 5.74) is 2.87. The fourth-order valence-electron chi connectivity index (χ4n) is 3.21. The Labute approximate surface area is 156 Å². The molecule has 4 rings (SSSR count). The molecule has 0 spiro atoms. The van der Waals surface area contributed by atoms with Gasteiger partial charge in [-0.05, 0) is 24.3 Å². The topological polar surface area (TPSA) is 108 Å². The first-order chi connectivity index (χ1) is 13.3. The maximum Gasteiger partial charge on any atom is 0.319 e. The lowest BCUT2D eigenvalue weighted by Crippen LogP contribution is -2.44. The first-order valence-corrected chi connectivity index (χ1v) is 8.88. The van der Waals surface area contributed by atoms with E-state index in [0.717, 1.165) is 18.8 Å². The van der Waals surface area contributed by atoms with E-state index in [1.807, 2.05) is 30.3 Å². The van der Waals surface area contributed by atoms with Crippen molar-refractivity contribution in [3.05, 3.63) is 48.3 Å². The second-order valence-electron chi connectivity index (χ2n) is 6.25. The Hall–Kier alpha value is -3.04. The number of aromatic amines is 1. The Morgan fingerprint density at radius 2 is 2.07 bits per heavy atom. The Kier molecular flexibility index (Phi) is 5.22. The number of H-pyrrole nitrogens is 1. The molecule has 0 radical (unpaired) electrons.